The standard InChI is InChI=1S/C17H22N8.HI/c1-18-17(20-11-13-7-8-19-15(10-13)24(2)3)21-12-16-23-22-14-6-4-5-9-25(14)16;/h4-10H,11-12H2,1-3H3,(H2,18,20,21);1H. The molecule has 0 aliphatic carbocycles. The van der Waals surface area contributed by atoms with Crippen LogP contribution in [-0.2, 0) is 13.1 Å². The molecule has 0 aliphatic rings. The Morgan fingerprint density at radius 3 is 2.73 bits per heavy atom. The first-order valence-electron chi connectivity index (χ1n) is 8.03. The third-order valence-corrected chi connectivity index (χ3v) is 3.75. The summed E-state index contributed by atoms with van der Waals surface area (Å²) in [6.45, 7) is 1.19. The Morgan fingerprint density at radius 2 is 1.96 bits per heavy atom. The van der Waals surface area contributed by atoms with E-state index in [1.807, 2.05) is 66.1 Å². The second-order valence-corrected chi connectivity index (χ2v) is 5.74. The molecule has 3 aromatic rings. The minimum Gasteiger partial charge on any atom is -0.363 e. The van der Waals surface area contributed by atoms with Crippen LogP contribution in [0.15, 0.2) is 47.7 Å². The highest BCUT2D eigenvalue weighted by Crippen LogP contribution is 2.09. The molecule has 0 amide bonds. The summed E-state index contributed by atoms with van der Waals surface area (Å²) in [7, 11) is 5.70. The number of fused-ring (bicyclic) bond motifs is 1. The van der Waals surface area contributed by atoms with Crippen LogP contribution in [-0.4, -0.2) is 46.7 Å². The number of rotatable bonds is 5. The number of halogens is 1. The summed E-state index contributed by atoms with van der Waals surface area (Å²) in [6, 6.07) is 9.86. The van der Waals surface area contributed by atoms with Gasteiger partial charge in [0.25, 0.3) is 0 Å². The van der Waals surface area contributed by atoms with Crippen molar-refractivity contribution in [3.63, 3.8) is 0 Å². The lowest BCUT2D eigenvalue weighted by molar-refractivity contribution is 0.762. The molecule has 9 heteroatoms. The van der Waals surface area contributed by atoms with Crippen LogP contribution in [0.25, 0.3) is 5.65 Å². The molecule has 0 bridgehead atoms. The molecule has 0 spiro atoms. The number of pyridine rings is 2. The molecule has 8 nitrogen and oxygen atoms in total. The fourth-order valence-electron chi connectivity index (χ4n) is 2.40. The van der Waals surface area contributed by atoms with Crippen molar-refractivity contribution < 1.29 is 0 Å². The molecule has 0 unspecified atom stereocenters. The monoisotopic (exact) mass is 466 g/mol. The fourth-order valence-corrected chi connectivity index (χ4v) is 2.40. The van der Waals surface area contributed by atoms with Gasteiger partial charge in [-0.1, -0.05) is 6.07 Å². The molecule has 3 aromatic heterocycles. The van der Waals surface area contributed by atoms with Gasteiger partial charge in [0.1, 0.15) is 5.82 Å². The van der Waals surface area contributed by atoms with E-state index in [1.54, 1.807) is 7.05 Å². The molecule has 0 radical (unpaired) electrons. The molecule has 26 heavy (non-hydrogen) atoms. The quantitative estimate of drug-likeness (QED) is 0.338. The number of hydrogen-bond acceptors (Lipinski definition) is 5. The van der Waals surface area contributed by atoms with E-state index in [-0.39, 0.29) is 24.0 Å². The first-order chi connectivity index (χ1) is 12.2. The van der Waals surface area contributed by atoms with Crippen LogP contribution in [0.5, 0.6) is 0 Å². The van der Waals surface area contributed by atoms with Crippen LogP contribution < -0.4 is 15.5 Å². The van der Waals surface area contributed by atoms with E-state index >= 15 is 0 Å². The Balaban J connectivity index is 0.00000243. The highest BCUT2D eigenvalue weighted by molar-refractivity contribution is 14.0. The van der Waals surface area contributed by atoms with E-state index in [9.17, 15) is 0 Å². The Bertz CT molecular complexity index is 874. The number of anilines is 1. The van der Waals surface area contributed by atoms with Crippen molar-refractivity contribution >= 4 is 41.4 Å². The SMILES string of the molecule is CN=C(NCc1ccnc(N(C)C)c1)NCc1nnc2ccccn12.I. The van der Waals surface area contributed by atoms with Crippen LogP contribution in [0.4, 0.5) is 5.82 Å². The number of nitrogens with zero attached hydrogens (tertiary/aromatic N) is 6. The summed E-state index contributed by atoms with van der Waals surface area (Å²) in [5, 5.41) is 14.9. The van der Waals surface area contributed by atoms with Gasteiger partial charge in [-0.3, -0.25) is 9.39 Å². The molecule has 0 saturated heterocycles. The average Bonchev–Trinajstić information content (AvgIpc) is 3.05. The van der Waals surface area contributed by atoms with Crippen LogP contribution in [0, 0.1) is 0 Å². The van der Waals surface area contributed by atoms with Crippen LogP contribution >= 0.6 is 24.0 Å². The number of aromatic nitrogens is 4. The highest BCUT2D eigenvalue weighted by Gasteiger charge is 2.06. The second-order valence-electron chi connectivity index (χ2n) is 5.74. The Kier molecular flexibility index (Phi) is 7.13. The van der Waals surface area contributed by atoms with Crippen molar-refractivity contribution in [2.24, 2.45) is 4.99 Å². The Morgan fingerprint density at radius 1 is 1.15 bits per heavy atom. The summed E-state index contributed by atoms with van der Waals surface area (Å²) in [6.07, 6.45) is 3.76. The fraction of sp³-hybridized carbons (Fsp3) is 0.294. The zero-order valence-corrected chi connectivity index (χ0v) is 17.4. The third kappa shape index (κ3) is 4.81. The molecule has 0 atom stereocenters. The molecule has 3 rings (SSSR count). The maximum atomic E-state index is 4.32. The van der Waals surface area contributed by atoms with E-state index in [1.165, 1.54) is 0 Å². The number of nitrogens with one attached hydrogen (secondary N) is 2. The van der Waals surface area contributed by atoms with Gasteiger partial charge in [0.15, 0.2) is 17.4 Å². The van der Waals surface area contributed by atoms with Crippen molar-refractivity contribution in [3.8, 4) is 0 Å². The van der Waals surface area contributed by atoms with Crippen LogP contribution in [0.1, 0.15) is 11.4 Å². The van der Waals surface area contributed by atoms with Crippen LogP contribution in [0.3, 0.4) is 0 Å². The minimum atomic E-state index is 0. The third-order valence-electron chi connectivity index (χ3n) is 3.75. The van der Waals surface area contributed by atoms with E-state index in [0.29, 0.717) is 19.0 Å². The van der Waals surface area contributed by atoms with Gasteiger partial charge in [-0.05, 0) is 29.8 Å². The summed E-state index contributed by atoms with van der Waals surface area (Å²) in [5.41, 5.74) is 1.96. The normalized spacial score (nSPS) is 11.1. The van der Waals surface area contributed by atoms with E-state index in [0.717, 1.165) is 22.9 Å². The molecule has 0 aromatic carbocycles. The Hall–Kier alpha value is -2.43. The van der Waals surface area contributed by atoms with Gasteiger partial charge in [0.05, 0.1) is 6.54 Å². The van der Waals surface area contributed by atoms with Gasteiger partial charge in [-0.25, -0.2) is 4.98 Å². The first-order valence-corrected chi connectivity index (χ1v) is 8.03. The molecule has 0 saturated carbocycles. The van der Waals surface area contributed by atoms with Crippen molar-refractivity contribution in [3.05, 3.63) is 54.1 Å². The molecule has 3 heterocycles. The molecule has 0 aliphatic heterocycles. The van der Waals surface area contributed by atoms with E-state index in [2.05, 4.69) is 30.8 Å². The molecular weight excluding hydrogens is 443 g/mol. The minimum absolute atomic E-state index is 0. The van der Waals surface area contributed by atoms with Gasteiger partial charge >= 0.3 is 0 Å². The first kappa shape index (κ1) is 19.9. The average molecular weight is 466 g/mol. The molecule has 0 fully saturated rings. The second kappa shape index (κ2) is 9.32. The lowest BCUT2D eigenvalue weighted by Crippen LogP contribution is -2.36. The molecule has 2 N–H and O–H groups in total. The van der Waals surface area contributed by atoms with Crippen LogP contribution in [0.2, 0.25) is 0 Å². The van der Waals surface area contributed by atoms with Gasteiger partial charge in [0.2, 0.25) is 0 Å². The van der Waals surface area contributed by atoms with E-state index in [4.69, 9.17) is 0 Å². The molecule has 138 valence electrons. The topological polar surface area (TPSA) is 82.7 Å². The largest absolute Gasteiger partial charge is 0.363 e. The van der Waals surface area contributed by atoms with Gasteiger partial charge in [0, 0.05) is 40.1 Å². The number of hydrogen-bond donors (Lipinski definition) is 2. The van der Waals surface area contributed by atoms with Crippen molar-refractivity contribution in [1.82, 2.24) is 30.2 Å². The Labute approximate surface area is 169 Å². The predicted molar refractivity (Wildman–Crippen MR) is 114 cm³/mol. The maximum Gasteiger partial charge on any atom is 0.191 e. The lowest BCUT2D eigenvalue weighted by Gasteiger charge is -2.14. The molecular formula is C17H23IN8. The number of guanidine groups is 1. The smallest absolute Gasteiger partial charge is 0.191 e. The van der Waals surface area contributed by atoms with Crippen molar-refractivity contribution in [1.29, 1.82) is 0 Å². The van der Waals surface area contributed by atoms with Gasteiger partial charge in [-0.2, -0.15) is 0 Å². The summed E-state index contributed by atoms with van der Waals surface area (Å²) < 4.78 is 1.95. The highest BCUT2D eigenvalue weighted by atomic mass is 127. The number of aliphatic imine (C=N–C) groups is 1. The lowest BCUT2D eigenvalue weighted by atomic mass is 10.2. The summed E-state index contributed by atoms with van der Waals surface area (Å²) >= 11 is 0. The van der Waals surface area contributed by atoms with Crippen molar-refractivity contribution in [2.75, 3.05) is 26.0 Å². The van der Waals surface area contributed by atoms with Crippen molar-refractivity contribution in [2.45, 2.75) is 13.1 Å². The zero-order chi connectivity index (χ0) is 17.6. The summed E-state index contributed by atoms with van der Waals surface area (Å²) in [5.74, 6) is 2.46. The van der Waals surface area contributed by atoms with Gasteiger partial charge in [-0.15, -0.1) is 34.2 Å². The summed E-state index contributed by atoms with van der Waals surface area (Å²) in [4.78, 5) is 10.5. The van der Waals surface area contributed by atoms with E-state index < -0.39 is 0 Å². The van der Waals surface area contributed by atoms with Gasteiger partial charge < -0.3 is 15.5 Å². The predicted octanol–water partition coefficient (Wildman–Crippen LogP) is 1.67. The zero-order valence-electron chi connectivity index (χ0n) is 15.0. The maximum absolute atomic E-state index is 4.32.